The van der Waals surface area contributed by atoms with Gasteiger partial charge in [0.15, 0.2) is 0 Å². The van der Waals surface area contributed by atoms with Gasteiger partial charge >= 0.3 is 0 Å². The normalized spacial score (nSPS) is 18.6. The third-order valence-corrected chi connectivity index (χ3v) is 5.38. The summed E-state index contributed by atoms with van der Waals surface area (Å²) in [4.78, 5) is 26.4. The molecule has 1 atom stereocenters. The molecule has 0 aliphatic carbocycles. The Labute approximate surface area is 167 Å². The van der Waals surface area contributed by atoms with E-state index in [1.165, 1.54) is 0 Å². The lowest BCUT2D eigenvalue weighted by Crippen LogP contribution is -2.43. The largest absolute Gasteiger partial charge is 0.381 e. The highest BCUT2D eigenvalue weighted by molar-refractivity contribution is 5.94. The van der Waals surface area contributed by atoms with Gasteiger partial charge in [-0.05, 0) is 55.7 Å². The SMILES string of the molecule is Cl.NC(C(=O)Nc1ccc(CCC(=O)N2CCCC2)cc1)C1CCOCC1. The average Bonchev–Trinajstić information content (AvgIpc) is 3.22. The van der Waals surface area contributed by atoms with Crippen molar-refractivity contribution >= 4 is 29.9 Å². The van der Waals surface area contributed by atoms with Crippen LogP contribution in [0.4, 0.5) is 5.69 Å². The van der Waals surface area contributed by atoms with Gasteiger partial charge in [-0.1, -0.05) is 12.1 Å². The minimum atomic E-state index is -0.503. The number of benzene rings is 1. The van der Waals surface area contributed by atoms with Crippen molar-refractivity contribution in [2.75, 3.05) is 31.6 Å². The molecule has 0 radical (unpaired) electrons. The van der Waals surface area contributed by atoms with Crippen molar-refractivity contribution < 1.29 is 14.3 Å². The molecule has 3 rings (SSSR count). The molecule has 2 heterocycles. The Balaban J connectivity index is 0.00000261. The van der Waals surface area contributed by atoms with Crippen LogP contribution in [0, 0.1) is 5.92 Å². The van der Waals surface area contributed by atoms with Gasteiger partial charge in [0, 0.05) is 38.4 Å². The highest BCUT2D eigenvalue weighted by Gasteiger charge is 2.26. The third kappa shape index (κ3) is 6.19. The molecule has 2 saturated heterocycles. The number of carbonyl (C=O) groups excluding carboxylic acids is 2. The predicted octanol–water partition coefficient (Wildman–Crippen LogP) is 2.36. The van der Waals surface area contributed by atoms with Gasteiger partial charge in [0.1, 0.15) is 0 Å². The van der Waals surface area contributed by atoms with Crippen LogP contribution >= 0.6 is 12.4 Å². The van der Waals surface area contributed by atoms with Crippen LogP contribution in [0.2, 0.25) is 0 Å². The van der Waals surface area contributed by atoms with Gasteiger partial charge in [0.25, 0.3) is 0 Å². The highest BCUT2D eigenvalue weighted by atomic mass is 35.5. The zero-order valence-electron chi connectivity index (χ0n) is 15.7. The molecule has 2 amide bonds. The van der Waals surface area contributed by atoms with Crippen LogP contribution in [-0.4, -0.2) is 49.1 Å². The lowest BCUT2D eigenvalue weighted by molar-refractivity contribution is -0.130. The van der Waals surface area contributed by atoms with Gasteiger partial charge in [-0.25, -0.2) is 0 Å². The van der Waals surface area contributed by atoms with Crippen molar-refractivity contribution in [2.24, 2.45) is 11.7 Å². The topological polar surface area (TPSA) is 84.7 Å². The number of hydrogen-bond donors (Lipinski definition) is 2. The minimum absolute atomic E-state index is 0. The lowest BCUT2D eigenvalue weighted by atomic mass is 9.92. The number of aryl methyl sites for hydroxylation is 1. The second kappa shape index (κ2) is 10.6. The maximum absolute atomic E-state index is 12.3. The quantitative estimate of drug-likeness (QED) is 0.774. The number of halogens is 1. The summed E-state index contributed by atoms with van der Waals surface area (Å²) in [6.07, 6.45) is 5.18. The van der Waals surface area contributed by atoms with Crippen molar-refractivity contribution in [3.05, 3.63) is 29.8 Å². The molecule has 0 saturated carbocycles. The first-order valence-electron chi connectivity index (χ1n) is 9.64. The molecule has 2 aliphatic rings. The number of nitrogens with two attached hydrogens (primary N) is 1. The Morgan fingerprint density at radius 2 is 1.78 bits per heavy atom. The first-order chi connectivity index (χ1) is 12.6. The van der Waals surface area contributed by atoms with Gasteiger partial charge in [-0.2, -0.15) is 0 Å². The number of anilines is 1. The third-order valence-electron chi connectivity index (χ3n) is 5.38. The van der Waals surface area contributed by atoms with E-state index >= 15 is 0 Å². The molecule has 150 valence electrons. The van der Waals surface area contributed by atoms with Gasteiger partial charge in [0.2, 0.25) is 11.8 Å². The van der Waals surface area contributed by atoms with E-state index < -0.39 is 6.04 Å². The molecule has 0 spiro atoms. The van der Waals surface area contributed by atoms with Crippen LogP contribution in [0.1, 0.15) is 37.7 Å². The summed E-state index contributed by atoms with van der Waals surface area (Å²) in [7, 11) is 0. The molecule has 3 N–H and O–H groups in total. The van der Waals surface area contributed by atoms with E-state index in [9.17, 15) is 9.59 Å². The zero-order chi connectivity index (χ0) is 18.4. The van der Waals surface area contributed by atoms with E-state index in [0.717, 1.165) is 56.4 Å². The van der Waals surface area contributed by atoms with Crippen molar-refractivity contribution in [1.82, 2.24) is 4.90 Å². The lowest BCUT2D eigenvalue weighted by Gasteiger charge is -2.26. The summed E-state index contributed by atoms with van der Waals surface area (Å²) in [5, 5.41) is 2.90. The Morgan fingerprint density at radius 3 is 2.41 bits per heavy atom. The van der Waals surface area contributed by atoms with Crippen molar-refractivity contribution in [1.29, 1.82) is 0 Å². The summed E-state index contributed by atoms with van der Waals surface area (Å²) >= 11 is 0. The van der Waals surface area contributed by atoms with Crippen LogP contribution in [-0.2, 0) is 20.7 Å². The molecule has 1 unspecified atom stereocenters. The summed E-state index contributed by atoms with van der Waals surface area (Å²) in [6.45, 7) is 3.15. The van der Waals surface area contributed by atoms with Crippen molar-refractivity contribution in [2.45, 2.75) is 44.6 Å². The van der Waals surface area contributed by atoms with E-state index in [1.54, 1.807) is 0 Å². The molecule has 7 heteroatoms. The van der Waals surface area contributed by atoms with Gasteiger partial charge in [-0.3, -0.25) is 9.59 Å². The van der Waals surface area contributed by atoms with Crippen molar-refractivity contribution in [3.63, 3.8) is 0 Å². The monoisotopic (exact) mass is 395 g/mol. The van der Waals surface area contributed by atoms with Crippen LogP contribution in [0.3, 0.4) is 0 Å². The molecule has 6 nitrogen and oxygen atoms in total. The number of nitrogens with zero attached hydrogens (tertiary/aromatic N) is 1. The number of ether oxygens (including phenoxy) is 1. The second-order valence-corrected chi connectivity index (χ2v) is 7.25. The zero-order valence-corrected chi connectivity index (χ0v) is 16.5. The van der Waals surface area contributed by atoms with E-state index in [2.05, 4.69) is 5.32 Å². The Bertz CT molecular complexity index is 611. The molecule has 0 bridgehead atoms. The molecule has 2 aliphatic heterocycles. The summed E-state index contributed by atoms with van der Waals surface area (Å²) in [5.41, 5.74) is 7.94. The summed E-state index contributed by atoms with van der Waals surface area (Å²) < 4.78 is 5.32. The smallest absolute Gasteiger partial charge is 0.241 e. The van der Waals surface area contributed by atoms with Gasteiger partial charge in [-0.15, -0.1) is 12.4 Å². The molecule has 1 aromatic rings. The van der Waals surface area contributed by atoms with Crippen molar-refractivity contribution in [3.8, 4) is 0 Å². The standard InChI is InChI=1S/C20H29N3O3.ClH/c21-19(16-9-13-26-14-10-16)20(25)22-17-6-3-15(4-7-17)5-8-18(24)23-11-1-2-12-23;/h3-4,6-7,16,19H,1-2,5,8-14,21H2,(H,22,25);1H. The van der Waals surface area contributed by atoms with Crippen LogP contribution in [0.5, 0.6) is 0 Å². The van der Waals surface area contributed by atoms with Crippen LogP contribution in [0.25, 0.3) is 0 Å². The summed E-state index contributed by atoms with van der Waals surface area (Å²) in [5.74, 6) is 0.274. The molecule has 0 aromatic heterocycles. The van der Waals surface area contributed by atoms with E-state index in [0.29, 0.717) is 19.6 Å². The van der Waals surface area contributed by atoms with Crippen LogP contribution < -0.4 is 11.1 Å². The molecule has 1 aromatic carbocycles. The fourth-order valence-electron chi connectivity index (χ4n) is 3.65. The predicted molar refractivity (Wildman–Crippen MR) is 108 cm³/mol. The summed E-state index contributed by atoms with van der Waals surface area (Å²) in [6, 6.07) is 7.19. The average molecular weight is 396 g/mol. The van der Waals surface area contributed by atoms with E-state index in [4.69, 9.17) is 10.5 Å². The number of amides is 2. The van der Waals surface area contributed by atoms with Gasteiger partial charge in [0.05, 0.1) is 6.04 Å². The fourth-order valence-corrected chi connectivity index (χ4v) is 3.65. The van der Waals surface area contributed by atoms with Crippen LogP contribution in [0.15, 0.2) is 24.3 Å². The molecular formula is C20H30ClN3O3. The fraction of sp³-hybridized carbons (Fsp3) is 0.600. The molecular weight excluding hydrogens is 366 g/mol. The maximum atomic E-state index is 12.3. The first kappa shape index (κ1) is 21.7. The first-order valence-corrected chi connectivity index (χ1v) is 9.64. The molecule has 2 fully saturated rings. The van der Waals surface area contributed by atoms with E-state index in [1.807, 2.05) is 29.2 Å². The number of nitrogens with one attached hydrogen (secondary N) is 1. The Morgan fingerprint density at radius 1 is 1.15 bits per heavy atom. The molecule has 27 heavy (non-hydrogen) atoms. The highest BCUT2D eigenvalue weighted by Crippen LogP contribution is 2.19. The Kier molecular flexibility index (Phi) is 8.54. The van der Waals surface area contributed by atoms with Gasteiger partial charge < -0.3 is 20.7 Å². The van der Waals surface area contributed by atoms with E-state index in [-0.39, 0.29) is 30.1 Å². The number of likely N-dealkylation sites (tertiary alicyclic amines) is 1. The number of rotatable bonds is 6. The number of carbonyl (C=O) groups is 2. The Hall–Kier alpha value is -1.63. The number of hydrogen-bond acceptors (Lipinski definition) is 4. The minimum Gasteiger partial charge on any atom is -0.381 e. The maximum Gasteiger partial charge on any atom is 0.241 e. The second-order valence-electron chi connectivity index (χ2n) is 7.25.